The van der Waals surface area contributed by atoms with Gasteiger partial charge in [-0.15, -0.1) is 11.8 Å². The summed E-state index contributed by atoms with van der Waals surface area (Å²) in [4.78, 5) is 27.9. The first kappa shape index (κ1) is 35.3. The Hall–Kier alpha value is -4.06. The fraction of sp³-hybridized carbons (Fsp3) is 0.342. The molecule has 4 N–H and O–H groups in total. The van der Waals surface area contributed by atoms with Gasteiger partial charge in [0.1, 0.15) is 0 Å². The number of benzene rings is 3. The van der Waals surface area contributed by atoms with Crippen molar-refractivity contribution in [2.45, 2.75) is 81.6 Å². The molecule has 0 unspecified atom stereocenters. The summed E-state index contributed by atoms with van der Waals surface area (Å²) >= 11 is 1.67. The van der Waals surface area contributed by atoms with Gasteiger partial charge in [0.15, 0.2) is 6.29 Å². The molecule has 48 heavy (non-hydrogen) atoms. The molecular weight excluding hydrogens is 627 g/mol. The van der Waals surface area contributed by atoms with Crippen molar-refractivity contribution < 1.29 is 29.4 Å². The summed E-state index contributed by atoms with van der Waals surface area (Å²) in [5, 5.41) is 22.0. The number of nitrogens with zero attached hydrogens (tertiary/aromatic N) is 1. The van der Waals surface area contributed by atoms with Crippen LogP contribution >= 0.6 is 11.8 Å². The summed E-state index contributed by atoms with van der Waals surface area (Å²) < 4.78 is 13.0. The number of aromatic nitrogens is 1. The molecule has 0 spiro atoms. The summed E-state index contributed by atoms with van der Waals surface area (Å²) in [6.45, 7) is 0.451. The van der Waals surface area contributed by atoms with E-state index in [-0.39, 0.29) is 30.6 Å². The third-order valence-corrected chi connectivity index (χ3v) is 9.36. The van der Waals surface area contributed by atoms with Gasteiger partial charge in [0.25, 0.3) is 0 Å². The molecule has 1 aliphatic heterocycles. The molecule has 252 valence electrons. The van der Waals surface area contributed by atoms with Crippen LogP contribution in [0.2, 0.25) is 0 Å². The van der Waals surface area contributed by atoms with Gasteiger partial charge in [0.05, 0.1) is 23.8 Å². The van der Waals surface area contributed by atoms with Crippen LogP contribution in [-0.2, 0) is 32.2 Å². The molecule has 1 saturated heterocycles. The lowest BCUT2D eigenvalue weighted by atomic mass is 9.99. The zero-order valence-electron chi connectivity index (χ0n) is 26.9. The van der Waals surface area contributed by atoms with Crippen molar-refractivity contribution in [1.82, 2.24) is 15.8 Å². The number of hydrogen-bond donors (Lipinski definition) is 4. The molecule has 0 saturated carbocycles. The zero-order chi connectivity index (χ0) is 33.6. The number of unbranched alkanes of at least 4 members (excludes halogenated alkanes) is 3. The van der Waals surface area contributed by atoms with Crippen LogP contribution in [0.15, 0.2) is 102 Å². The number of rotatable bonds is 16. The van der Waals surface area contributed by atoms with Crippen LogP contribution in [0.3, 0.4) is 0 Å². The first-order valence-corrected chi connectivity index (χ1v) is 17.4. The molecule has 3 aromatic carbocycles. The van der Waals surface area contributed by atoms with Crippen molar-refractivity contribution >= 4 is 23.6 Å². The van der Waals surface area contributed by atoms with E-state index in [1.165, 1.54) is 0 Å². The maximum atomic E-state index is 12.4. The van der Waals surface area contributed by atoms with Gasteiger partial charge in [-0.25, -0.2) is 10.5 Å². The first-order chi connectivity index (χ1) is 23.5. The maximum Gasteiger partial charge on any atom is 0.243 e. The van der Waals surface area contributed by atoms with Gasteiger partial charge in [0.2, 0.25) is 11.8 Å². The predicted octanol–water partition coefficient (Wildman–Crippen LogP) is 7.04. The van der Waals surface area contributed by atoms with Gasteiger partial charge < -0.3 is 19.9 Å². The predicted molar refractivity (Wildman–Crippen MR) is 185 cm³/mol. The van der Waals surface area contributed by atoms with Gasteiger partial charge in [-0.1, -0.05) is 85.6 Å². The number of aliphatic hydroxyl groups excluding tert-OH is 1. The van der Waals surface area contributed by atoms with Crippen LogP contribution in [0.25, 0.3) is 11.1 Å². The van der Waals surface area contributed by atoms with E-state index in [0.717, 1.165) is 63.4 Å². The quantitative estimate of drug-likeness (QED) is 0.0433. The first-order valence-electron chi connectivity index (χ1n) is 16.4. The minimum absolute atomic E-state index is 0.00257. The third-order valence-electron chi connectivity index (χ3n) is 8.29. The summed E-state index contributed by atoms with van der Waals surface area (Å²) in [5.41, 5.74) is 7.61. The molecule has 4 aromatic rings. The van der Waals surface area contributed by atoms with E-state index in [2.05, 4.69) is 34.6 Å². The second kappa shape index (κ2) is 18.5. The number of nitrogens with one attached hydrogen (secondary N) is 2. The molecule has 1 aliphatic rings. The van der Waals surface area contributed by atoms with Crippen molar-refractivity contribution in [2.75, 3.05) is 5.75 Å². The van der Waals surface area contributed by atoms with E-state index in [9.17, 15) is 14.7 Å². The molecule has 1 aromatic heterocycles. The summed E-state index contributed by atoms with van der Waals surface area (Å²) in [6.07, 6.45) is 5.64. The topological polar surface area (TPSA) is 130 Å². The van der Waals surface area contributed by atoms with E-state index < -0.39 is 6.29 Å². The number of carbonyl (C=O) groups excluding carboxylic acids is 2. The van der Waals surface area contributed by atoms with Crippen LogP contribution in [0.5, 0.6) is 0 Å². The lowest BCUT2D eigenvalue weighted by Gasteiger charge is -2.36. The number of thioether (sulfide) groups is 1. The SMILES string of the molecule is O=C(CCCCCCC(=O)NCc1cccc(-c2ccc([C@@H]3O[C@H](CSc4ccccn4)C[C@H](c4ccc(CO)cc4)O3)cc2)c1)NO. The highest BCUT2D eigenvalue weighted by molar-refractivity contribution is 7.99. The lowest BCUT2D eigenvalue weighted by molar-refractivity contribution is -0.245. The fourth-order valence-electron chi connectivity index (χ4n) is 5.60. The second-order valence-electron chi connectivity index (χ2n) is 11.9. The van der Waals surface area contributed by atoms with Gasteiger partial charge in [-0.3, -0.25) is 14.8 Å². The number of aliphatic hydroxyl groups is 1. The molecule has 2 heterocycles. The molecule has 0 radical (unpaired) electrons. The van der Waals surface area contributed by atoms with E-state index in [1.54, 1.807) is 23.4 Å². The van der Waals surface area contributed by atoms with Crippen molar-refractivity contribution in [3.8, 4) is 11.1 Å². The van der Waals surface area contributed by atoms with Crippen LogP contribution < -0.4 is 10.8 Å². The lowest BCUT2D eigenvalue weighted by Crippen LogP contribution is -2.31. The van der Waals surface area contributed by atoms with E-state index in [4.69, 9.17) is 14.7 Å². The molecule has 10 heteroatoms. The normalized spacial score (nSPS) is 17.5. The van der Waals surface area contributed by atoms with Gasteiger partial charge in [-0.2, -0.15) is 0 Å². The molecule has 1 fully saturated rings. The average molecular weight is 670 g/mol. The van der Waals surface area contributed by atoms with Crippen molar-refractivity contribution in [2.24, 2.45) is 0 Å². The summed E-state index contributed by atoms with van der Waals surface area (Å²) in [6, 6.07) is 30.2. The molecule has 9 nitrogen and oxygen atoms in total. The average Bonchev–Trinajstić information content (AvgIpc) is 3.15. The monoisotopic (exact) mass is 669 g/mol. The Morgan fingerprint density at radius 3 is 2.25 bits per heavy atom. The number of carbonyl (C=O) groups is 2. The number of ether oxygens (including phenoxy) is 2. The molecule has 5 rings (SSSR count). The smallest absolute Gasteiger partial charge is 0.243 e. The summed E-state index contributed by atoms with van der Waals surface area (Å²) in [7, 11) is 0. The van der Waals surface area contributed by atoms with Crippen LogP contribution in [0, 0.1) is 0 Å². The van der Waals surface area contributed by atoms with Crippen LogP contribution in [0.1, 0.15) is 79.6 Å². The van der Waals surface area contributed by atoms with Gasteiger partial charge in [-0.05, 0) is 58.9 Å². The van der Waals surface area contributed by atoms with Crippen molar-refractivity contribution in [3.63, 3.8) is 0 Å². The van der Waals surface area contributed by atoms with Crippen LogP contribution in [0.4, 0.5) is 0 Å². The molecule has 3 atom stereocenters. The van der Waals surface area contributed by atoms with Gasteiger partial charge in [0, 0.05) is 43.3 Å². The Kier molecular flexibility index (Phi) is 13.6. The van der Waals surface area contributed by atoms with Crippen LogP contribution in [-0.4, -0.2) is 39.0 Å². The minimum atomic E-state index is -0.536. The largest absolute Gasteiger partial charge is 0.392 e. The highest BCUT2D eigenvalue weighted by Gasteiger charge is 2.32. The Morgan fingerprint density at radius 1 is 0.792 bits per heavy atom. The van der Waals surface area contributed by atoms with Gasteiger partial charge >= 0.3 is 0 Å². The Balaban J connectivity index is 1.18. The maximum absolute atomic E-state index is 12.4. The number of pyridine rings is 1. The zero-order valence-corrected chi connectivity index (χ0v) is 27.7. The van der Waals surface area contributed by atoms with Crippen molar-refractivity contribution in [3.05, 3.63) is 119 Å². The second-order valence-corrected chi connectivity index (χ2v) is 12.9. The van der Waals surface area contributed by atoms with E-state index in [1.807, 2.05) is 66.7 Å². The Labute approximate surface area is 286 Å². The molecular formula is C38H43N3O6S. The van der Waals surface area contributed by atoms with E-state index >= 15 is 0 Å². The number of amides is 2. The third kappa shape index (κ3) is 10.7. The van der Waals surface area contributed by atoms with Crippen molar-refractivity contribution in [1.29, 1.82) is 0 Å². The highest BCUT2D eigenvalue weighted by Crippen LogP contribution is 2.39. The minimum Gasteiger partial charge on any atom is -0.392 e. The molecule has 0 aliphatic carbocycles. The Morgan fingerprint density at radius 2 is 1.54 bits per heavy atom. The number of hydroxylamine groups is 1. The Bertz CT molecular complexity index is 1590. The standard InChI is InChI=1S/C38H43N3O6S/c42-25-27-13-15-30(16-14-27)34-23-33(26-48-37-12-5-6-21-39-37)46-38(47-34)31-19-17-29(18-20-31)32-9-7-8-28(22-32)24-40-35(43)10-3-1-2-4-11-36(44)41-45/h5-9,12-22,33-34,38,42,45H,1-4,10-11,23-26H2,(H,40,43)(H,41,44)/t33-,34+,38+/m0/s1. The number of hydrogen-bond acceptors (Lipinski definition) is 8. The van der Waals surface area contributed by atoms with E-state index in [0.29, 0.717) is 32.2 Å². The molecule has 2 amide bonds. The summed E-state index contributed by atoms with van der Waals surface area (Å²) in [5.74, 6) is 0.370. The highest BCUT2D eigenvalue weighted by atomic mass is 32.2. The molecule has 0 bridgehead atoms. The fourth-order valence-corrected chi connectivity index (χ4v) is 6.48.